The molecule has 0 aromatic heterocycles. The lowest BCUT2D eigenvalue weighted by molar-refractivity contribution is -0.385. The number of hydrogen-bond donors (Lipinski definition) is 0. The van der Waals surface area contributed by atoms with Crippen molar-refractivity contribution >= 4 is 11.5 Å². The molecule has 1 aromatic carbocycles. The molecule has 114 valence electrons. The highest BCUT2D eigenvalue weighted by Gasteiger charge is 2.43. The monoisotopic (exact) mass is 295 g/mol. The quantitative estimate of drug-likeness (QED) is 0.565. The van der Waals surface area contributed by atoms with Gasteiger partial charge in [0.1, 0.15) is 6.10 Å². The Labute approximate surface area is 122 Å². The van der Waals surface area contributed by atoms with Gasteiger partial charge in [-0.2, -0.15) is 0 Å². The Balaban J connectivity index is 2.09. The lowest BCUT2D eigenvalue weighted by atomic mass is 9.90. The van der Waals surface area contributed by atoms with Crippen molar-refractivity contribution in [2.24, 2.45) is 0 Å². The second-order valence-electron chi connectivity index (χ2n) is 4.71. The van der Waals surface area contributed by atoms with Crippen LogP contribution >= 0.6 is 0 Å². The topological polar surface area (TPSA) is 87.9 Å². The standard InChI is InChI=1S/C14H17NO6/c1-3-6-20-14-10(16)8-13(14)21-11-5-4-9(15(17)18)7-12(11)19-2/h4-5,7,13-14H,3,6,8H2,1-2H3. The number of carbonyl (C=O) groups is 1. The van der Waals surface area contributed by atoms with Gasteiger partial charge in [-0.15, -0.1) is 0 Å². The summed E-state index contributed by atoms with van der Waals surface area (Å²) in [5, 5.41) is 10.7. The molecule has 21 heavy (non-hydrogen) atoms. The molecular formula is C14H17NO6. The van der Waals surface area contributed by atoms with Crippen molar-refractivity contribution in [1.29, 1.82) is 0 Å². The number of nitro groups is 1. The molecule has 0 saturated heterocycles. The molecule has 0 aliphatic heterocycles. The van der Waals surface area contributed by atoms with Gasteiger partial charge < -0.3 is 14.2 Å². The van der Waals surface area contributed by atoms with E-state index in [1.54, 1.807) is 0 Å². The zero-order valence-electron chi connectivity index (χ0n) is 11.9. The maximum absolute atomic E-state index is 11.5. The molecule has 0 amide bonds. The number of non-ortho nitro benzene ring substituents is 1. The normalized spacial score (nSPS) is 20.8. The smallest absolute Gasteiger partial charge is 0.273 e. The summed E-state index contributed by atoms with van der Waals surface area (Å²) in [5.41, 5.74) is -0.0809. The lowest BCUT2D eigenvalue weighted by Crippen LogP contribution is -2.52. The predicted molar refractivity (Wildman–Crippen MR) is 73.7 cm³/mol. The number of ketones is 1. The van der Waals surface area contributed by atoms with Crippen molar-refractivity contribution in [1.82, 2.24) is 0 Å². The highest BCUT2D eigenvalue weighted by molar-refractivity contribution is 5.90. The molecule has 1 aromatic rings. The van der Waals surface area contributed by atoms with E-state index in [9.17, 15) is 14.9 Å². The Kier molecular flexibility index (Phi) is 4.74. The van der Waals surface area contributed by atoms with E-state index in [4.69, 9.17) is 14.2 Å². The lowest BCUT2D eigenvalue weighted by Gasteiger charge is -2.34. The van der Waals surface area contributed by atoms with Crippen molar-refractivity contribution in [3.8, 4) is 11.5 Å². The summed E-state index contributed by atoms with van der Waals surface area (Å²) < 4.78 is 16.2. The van der Waals surface area contributed by atoms with E-state index in [1.807, 2.05) is 6.92 Å². The van der Waals surface area contributed by atoms with Gasteiger partial charge >= 0.3 is 0 Å². The second kappa shape index (κ2) is 6.53. The third kappa shape index (κ3) is 3.30. The first-order valence-corrected chi connectivity index (χ1v) is 6.70. The molecule has 1 aliphatic rings. The molecule has 2 unspecified atom stereocenters. The summed E-state index contributed by atoms with van der Waals surface area (Å²) in [6.07, 6.45) is 0.149. The van der Waals surface area contributed by atoms with Crippen LogP contribution in [0.25, 0.3) is 0 Å². The van der Waals surface area contributed by atoms with Crippen molar-refractivity contribution in [2.75, 3.05) is 13.7 Å². The largest absolute Gasteiger partial charge is 0.493 e. The number of ether oxygens (including phenoxy) is 3. The Hall–Kier alpha value is -2.15. The molecule has 2 rings (SSSR count). The van der Waals surface area contributed by atoms with Gasteiger partial charge in [0.2, 0.25) is 0 Å². The fraction of sp³-hybridized carbons (Fsp3) is 0.500. The molecule has 0 N–H and O–H groups in total. The third-order valence-corrected chi connectivity index (χ3v) is 3.20. The zero-order valence-corrected chi connectivity index (χ0v) is 11.9. The van der Waals surface area contributed by atoms with Crippen LogP contribution in [0.3, 0.4) is 0 Å². The molecule has 0 spiro atoms. The van der Waals surface area contributed by atoms with E-state index >= 15 is 0 Å². The molecule has 0 radical (unpaired) electrons. The van der Waals surface area contributed by atoms with Crippen molar-refractivity contribution < 1.29 is 23.9 Å². The van der Waals surface area contributed by atoms with Crippen molar-refractivity contribution in [3.05, 3.63) is 28.3 Å². The van der Waals surface area contributed by atoms with Crippen LogP contribution in [0.1, 0.15) is 19.8 Å². The average Bonchev–Trinajstić information content (AvgIpc) is 2.47. The molecule has 0 bridgehead atoms. The molecule has 2 atom stereocenters. The summed E-state index contributed by atoms with van der Waals surface area (Å²) in [4.78, 5) is 21.7. The minimum atomic E-state index is -0.565. The van der Waals surface area contributed by atoms with E-state index in [2.05, 4.69) is 0 Å². The summed E-state index contributed by atoms with van der Waals surface area (Å²) >= 11 is 0. The highest BCUT2D eigenvalue weighted by Crippen LogP contribution is 2.34. The molecule has 1 aliphatic carbocycles. The summed E-state index contributed by atoms with van der Waals surface area (Å²) in [6.45, 7) is 2.45. The van der Waals surface area contributed by atoms with Gasteiger partial charge in [0.15, 0.2) is 23.4 Å². The van der Waals surface area contributed by atoms with Gasteiger partial charge in [-0.3, -0.25) is 14.9 Å². The van der Waals surface area contributed by atoms with Crippen LogP contribution in [-0.2, 0) is 9.53 Å². The van der Waals surface area contributed by atoms with Crippen LogP contribution in [-0.4, -0.2) is 36.6 Å². The Morgan fingerprint density at radius 2 is 2.14 bits per heavy atom. The maximum Gasteiger partial charge on any atom is 0.273 e. The van der Waals surface area contributed by atoms with Gasteiger partial charge in [0.25, 0.3) is 5.69 Å². The Bertz CT molecular complexity index is 544. The van der Waals surface area contributed by atoms with E-state index < -0.39 is 11.0 Å². The number of carbonyl (C=O) groups excluding carboxylic acids is 1. The van der Waals surface area contributed by atoms with Gasteiger partial charge in [-0.25, -0.2) is 0 Å². The second-order valence-corrected chi connectivity index (χ2v) is 4.71. The predicted octanol–water partition coefficient (Wildman–Crippen LogP) is 2.12. The number of nitrogens with zero attached hydrogens (tertiary/aromatic N) is 1. The number of Topliss-reactive ketones (excluding diaryl/α,β-unsaturated/α-hetero) is 1. The SMILES string of the molecule is CCCOC1C(=O)CC1Oc1ccc([N+](=O)[O-])cc1OC. The van der Waals surface area contributed by atoms with Crippen LogP contribution in [0.2, 0.25) is 0 Å². The zero-order chi connectivity index (χ0) is 15.4. The number of rotatable bonds is 7. The minimum absolute atomic E-state index is 0.00864. The molecular weight excluding hydrogens is 278 g/mol. The van der Waals surface area contributed by atoms with Gasteiger partial charge in [0.05, 0.1) is 18.1 Å². The number of nitro benzene ring substituents is 1. The summed E-state index contributed by atoms with van der Waals surface area (Å²) in [7, 11) is 1.41. The van der Waals surface area contributed by atoms with E-state index in [0.29, 0.717) is 12.4 Å². The maximum atomic E-state index is 11.5. The first-order chi connectivity index (χ1) is 10.1. The third-order valence-electron chi connectivity index (χ3n) is 3.20. The van der Waals surface area contributed by atoms with Crippen LogP contribution in [0.15, 0.2) is 18.2 Å². The van der Waals surface area contributed by atoms with E-state index in [1.165, 1.54) is 25.3 Å². The van der Waals surface area contributed by atoms with E-state index in [-0.39, 0.29) is 29.7 Å². The van der Waals surface area contributed by atoms with Gasteiger partial charge in [-0.05, 0) is 12.5 Å². The van der Waals surface area contributed by atoms with Crippen LogP contribution in [0.4, 0.5) is 5.69 Å². The molecule has 0 heterocycles. The number of hydrogen-bond acceptors (Lipinski definition) is 6. The molecule has 7 heteroatoms. The summed E-state index contributed by atoms with van der Waals surface area (Å²) in [5.74, 6) is 0.637. The van der Waals surface area contributed by atoms with E-state index in [0.717, 1.165) is 6.42 Å². The number of methoxy groups -OCH3 is 1. The molecule has 1 saturated carbocycles. The number of benzene rings is 1. The average molecular weight is 295 g/mol. The minimum Gasteiger partial charge on any atom is -0.493 e. The summed E-state index contributed by atoms with van der Waals surface area (Å²) in [6, 6.07) is 4.09. The van der Waals surface area contributed by atoms with Gasteiger partial charge in [-0.1, -0.05) is 6.92 Å². The highest BCUT2D eigenvalue weighted by atomic mass is 16.6. The van der Waals surface area contributed by atoms with Crippen molar-refractivity contribution in [2.45, 2.75) is 32.0 Å². The van der Waals surface area contributed by atoms with Gasteiger partial charge in [0, 0.05) is 19.1 Å². The molecule has 1 fully saturated rings. The Morgan fingerprint density at radius 1 is 1.38 bits per heavy atom. The fourth-order valence-corrected chi connectivity index (χ4v) is 2.05. The van der Waals surface area contributed by atoms with Crippen molar-refractivity contribution in [3.63, 3.8) is 0 Å². The van der Waals surface area contributed by atoms with Crippen LogP contribution < -0.4 is 9.47 Å². The first kappa shape index (κ1) is 15.2. The molecule has 7 nitrogen and oxygen atoms in total. The first-order valence-electron chi connectivity index (χ1n) is 6.70. The Morgan fingerprint density at radius 3 is 2.71 bits per heavy atom. The fourth-order valence-electron chi connectivity index (χ4n) is 2.05. The van der Waals surface area contributed by atoms with Crippen LogP contribution in [0.5, 0.6) is 11.5 Å². The van der Waals surface area contributed by atoms with Crippen LogP contribution in [0, 0.1) is 10.1 Å².